The lowest BCUT2D eigenvalue weighted by Crippen LogP contribution is -2.17. The van der Waals surface area contributed by atoms with Crippen LogP contribution in [0.25, 0.3) is 0 Å². The highest BCUT2D eigenvalue weighted by atomic mass is 16.6. The van der Waals surface area contributed by atoms with Gasteiger partial charge in [-0.3, -0.25) is 10.1 Å². The molecule has 0 heterocycles. The molecule has 0 atom stereocenters. The van der Waals surface area contributed by atoms with E-state index in [1.165, 1.54) is 6.07 Å². The molecular weight excluding hydrogens is 330 g/mol. The van der Waals surface area contributed by atoms with Gasteiger partial charge in [-0.2, -0.15) is 0 Å². The van der Waals surface area contributed by atoms with Crippen molar-refractivity contribution in [2.75, 3.05) is 0 Å². The summed E-state index contributed by atoms with van der Waals surface area (Å²) in [5.41, 5.74) is 1.62. The van der Waals surface area contributed by atoms with E-state index in [2.05, 4.69) is 31.0 Å². The zero-order chi connectivity index (χ0) is 19.7. The van der Waals surface area contributed by atoms with Crippen molar-refractivity contribution in [1.82, 2.24) is 0 Å². The Balaban J connectivity index is 2.72. The van der Waals surface area contributed by atoms with Gasteiger partial charge in [0.25, 0.3) is 5.69 Å². The molecule has 2 rings (SSSR count). The molecule has 0 amide bonds. The van der Waals surface area contributed by atoms with E-state index >= 15 is 0 Å². The standard InChI is InChI=1S/C20H25N3O3/c1-19(2,3)13-11-12-16(24)17(20(4,5)6)18(13)22-21-14-9-7-8-10-15(14)23(25)26/h7-12,24H,1-6H3. The molecule has 26 heavy (non-hydrogen) atoms. The predicted molar refractivity (Wildman–Crippen MR) is 103 cm³/mol. The number of benzene rings is 2. The van der Waals surface area contributed by atoms with Gasteiger partial charge in [-0.25, -0.2) is 0 Å². The molecule has 6 nitrogen and oxygen atoms in total. The van der Waals surface area contributed by atoms with Crippen LogP contribution in [0, 0.1) is 10.1 Å². The van der Waals surface area contributed by atoms with Gasteiger partial charge < -0.3 is 5.11 Å². The van der Waals surface area contributed by atoms with Gasteiger partial charge in [-0.05, 0) is 28.5 Å². The second kappa shape index (κ2) is 6.86. The summed E-state index contributed by atoms with van der Waals surface area (Å²) in [6.07, 6.45) is 0. The second-order valence-electron chi connectivity index (χ2n) is 8.30. The monoisotopic (exact) mass is 355 g/mol. The molecule has 0 fully saturated rings. The summed E-state index contributed by atoms with van der Waals surface area (Å²) >= 11 is 0. The molecule has 0 aliphatic heterocycles. The van der Waals surface area contributed by atoms with Crippen molar-refractivity contribution >= 4 is 17.1 Å². The maximum Gasteiger partial charge on any atom is 0.296 e. The van der Waals surface area contributed by atoms with Crippen molar-refractivity contribution in [2.24, 2.45) is 10.2 Å². The molecule has 0 radical (unpaired) electrons. The van der Waals surface area contributed by atoms with Crippen LogP contribution in [0.2, 0.25) is 0 Å². The topological polar surface area (TPSA) is 88.1 Å². The zero-order valence-corrected chi connectivity index (χ0v) is 16.1. The number of phenolic OH excluding ortho intramolecular Hbond substituents is 1. The summed E-state index contributed by atoms with van der Waals surface area (Å²) in [5.74, 6) is 0.141. The number of nitro benzene ring substituents is 1. The molecule has 2 aromatic carbocycles. The number of nitrogens with zero attached hydrogens (tertiary/aromatic N) is 3. The van der Waals surface area contributed by atoms with Gasteiger partial charge in [0.1, 0.15) is 5.75 Å². The van der Waals surface area contributed by atoms with Gasteiger partial charge in [0.2, 0.25) is 0 Å². The molecule has 0 aliphatic rings. The van der Waals surface area contributed by atoms with Crippen molar-refractivity contribution in [1.29, 1.82) is 0 Å². The van der Waals surface area contributed by atoms with E-state index in [-0.39, 0.29) is 28.0 Å². The summed E-state index contributed by atoms with van der Waals surface area (Å²) in [6.45, 7) is 12.1. The fourth-order valence-corrected chi connectivity index (χ4v) is 2.84. The maximum absolute atomic E-state index is 11.2. The minimum Gasteiger partial charge on any atom is -0.508 e. The molecule has 0 unspecified atom stereocenters. The number of azo groups is 1. The second-order valence-corrected chi connectivity index (χ2v) is 8.30. The Morgan fingerprint density at radius 1 is 0.923 bits per heavy atom. The van der Waals surface area contributed by atoms with E-state index in [9.17, 15) is 15.2 Å². The van der Waals surface area contributed by atoms with E-state index < -0.39 is 4.92 Å². The van der Waals surface area contributed by atoms with Crippen molar-refractivity contribution < 1.29 is 10.0 Å². The molecule has 0 aliphatic carbocycles. The van der Waals surface area contributed by atoms with Gasteiger partial charge in [0, 0.05) is 11.6 Å². The van der Waals surface area contributed by atoms with Crippen molar-refractivity contribution in [2.45, 2.75) is 52.4 Å². The van der Waals surface area contributed by atoms with Gasteiger partial charge in [-0.15, -0.1) is 10.2 Å². The number of rotatable bonds is 3. The Morgan fingerprint density at radius 3 is 2.08 bits per heavy atom. The molecule has 138 valence electrons. The first-order valence-corrected chi connectivity index (χ1v) is 8.45. The van der Waals surface area contributed by atoms with E-state index in [0.717, 1.165) is 5.56 Å². The fourth-order valence-electron chi connectivity index (χ4n) is 2.84. The molecule has 6 heteroatoms. The minimum atomic E-state index is -0.480. The summed E-state index contributed by atoms with van der Waals surface area (Å²) in [4.78, 5) is 10.7. The molecule has 1 N–H and O–H groups in total. The Bertz CT molecular complexity index is 860. The van der Waals surface area contributed by atoms with Crippen LogP contribution in [0.15, 0.2) is 46.6 Å². The Morgan fingerprint density at radius 2 is 1.54 bits per heavy atom. The number of hydrogen-bond acceptors (Lipinski definition) is 5. The average molecular weight is 355 g/mol. The third kappa shape index (κ3) is 4.07. The number of nitro groups is 1. The smallest absolute Gasteiger partial charge is 0.296 e. The molecule has 0 bridgehead atoms. The average Bonchev–Trinajstić information content (AvgIpc) is 2.50. The lowest BCUT2D eigenvalue weighted by Gasteiger charge is -2.28. The largest absolute Gasteiger partial charge is 0.508 e. The molecule has 0 saturated heterocycles. The highest BCUT2D eigenvalue weighted by molar-refractivity contribution is 5.64. The summed E-state index contributed by atoms with van der Waals surface area (Å²) in [5, 5.41) is 30.2. The van der Waals surface area contributed by atoms with Gasteiger partial charge in [0.05, 0.1) is 10.6 Å². The van der Waals surface area contributed by atoms with Crippen molar-refractivity contribution in [3.8, 4) is 5.75 Å². The van der Waals surface area contributed by atoms with E-state index in [1.807, 2.05) is 26.8 Å². The first kappa shape index (κ1) is 19.6. The van der Waals surface area contributed by atoms with Crippen LogP contribution in [0.3, 0.4) is 0 Å². The van der Waals surface area contributed by atoms with Gasteiger partial charge in [0.15, 0.2) is 5.69 Å². The Labute approximate surface area is 153 Å². The zero-order valence-electron chi connectivity index (χ0n) is 16.1. The van der Waals surface area contributed by atoms with Crippen LogP contribution in [0.4, 0.5) is 17.1 Å². The van der Waals surface area contributed by atoms with Crippen LogP contribution >= 0.6 is 0 Å². The third-order valence-electron chi connectivity index (χ3n) is 4.05. The highest BCUT2D eigenvalue weighted by Gasteiger charge is 2.28. The van der Waals surface area contributed by atoms with Gasteiger partial charge >= 0.3 is 0 Å². The van der Waals surface area contributed by atoms with Crippen LogP contribution in [-0.4, -0.2) is 10.0 Å². The lowest BCUT2D eigenvalue weighted by atomic mass is 9.78. The quantitative estimate of drug-likeness (QED) is 0.397. The third-order valence-corrected chi connectivity index (χ3v) is 4.05. The minimum absolute atomic E-state index is 0.106. The Kier molecular flexibility index (Phi) is 5.16. The predicted octanol–water partition coefficient (Wildman–Crippen LogP) is 6.31. The van der Waals surface area contributed by atoms with Crippen LogP contribution in [-0.2, 0) is 10.8 Å². The fraction of sp³-hybridized carbons (Fsp3) is 0.400. The summed E-state index contributed by atoms with van der Waals surface area (Å²) in [7, 11) is 0. The van der Waals surface area contributed by atoms with Crippen molar-refractivity contribution in [3.05, 3.63) is 57.6 Å². The lowest BCUT2D eigenvalue weighted by molar-refractivity contribution is -0.384. The van der Waals surface area contributed by atoms with Gasteiger partial charge in [-0.1, -0.05) is 59.7 Å². The van der Waals surface area contributed by atoms with E-state index in [4.69, 9.17) is 0 Å². The number of hydrogen-bond donors (Lipinski definition) is 1. The van der Waals surface area contributed by atoms with E-state index in [0.29, 0.717) is 11.3 Å². The molecular formula is C20H25N3O3. The maximum atomic E-state index is 11.2. The molecule has 0 saturated carbocycles. The molecule has 0 spiro atoms. The molecule has 0 aromatic heterocycles. The van der Waals surface area contributed by atoms with Crippen LogP contribution in [0.1, 0.15) is 52.7 Å². The van der Waals surface area contributed by atoms with Crippen LogP contribution in [0.5, 0.6) is 5.75 Å². The van der Waals surface area contributed by atoms with Crippen molar-refractivity contribution in [3.63, 3.8) is 0 Å². The number of aromatic hydroxyl groups is 1. The number of para-hydroxylation sites is 1. The van der Waals surface area contributed by atoms with E-state index in [1.54, 1.807) is 24.3 Å². The highest BCUT2D eigenvalue weighted by Crippen LogP contribution is 2.45. The van der Waals surface area contributed by atoms with Crippen LogP contribution < -0.4 is 0 Å². The normalized spacial score (nSPS) is 12.5. The first-order chi connectivity index (χ1) is 11.9. The Hall–Kier alpha value is -2.76. The SMILES string of the molecule is CC(C)(C)c1ccc(O)c(C(C)(C)C)c1N=Nc1ccccc1[N+](=O)[O-]. The number of phenols is 1. The first-order valence-electron chi connectivity index (χ1n) is 8.45. The summed E-state index contributed by atoms with van der Waals surface area (Å²) < 4.78 is 0. The molecule has 2 aromatic rings. The summed E-state index contributed by atoms with van der Waals surface area (Å²) in [6, 6.07) is 9.72.